The fourth-order valence-corrected chi connectivity index (χ4v) is 3.45. The molecule has 0 bridgehead atoms. The van der Waals surface area contributed by atoms with Gasteiger partial charge in [0.1, 0.15) is 11.6 Å². The van der Waals surface area contributed by atoms with E-state index in [9.17, 15) is 27.2 Å². The van der Waals surface area contributed by atoms with Crippen molar-refractivity contribution in [2.45, 2.75) is 31.0 Å². The number of hydrogen-bond donors (Lipinski definition) is 2. The standard InChI is InChI=1S/C17H16F4N2O4/c18-12-5-9(1-2-11(12)17(19,20)21)13-6-10(14-7-15(24)22-27-14)3-4-23(13)8-16(25)26/h1-2,5,7,10,13H,3-4,6,8H2,(H,22,24)(H,25,26). The van der Waals surface area contributed by atoms with Crippen LogP contribution in [0.1, 0.15) is 41.7 Å². The monoisotopic (exact) mass is 388 g/mol. The summed E-state index contributed by atoms with van der Waals surface area (Å²) in [6.07, 6.45) is -4.04. The van der Waals surface area contributed by atoms with Crippen LogP contribution in [0.25, 0.3) is 0 Å². The van der Waals surface area contributed by atoms with Gasteiger partial charge in [0.2, 0.25) is 0 Å². The Morgan fingerprint density at radius 3 is 2.63 bits per heavy atom. The molecule has 2 N–H and O–H groups in total. The van der Waals surface area contributed by atoms with Crippen molar-refractivity contribution in [2.24, 2.45) is 0 Å². The van der Waals surface area contributed by atoms with E-state index in [1.165, 1.54) is 6.07 Å². The fourth-order valence-electron chi connectivity index (χ4n) is 3.45. The number of carboxylic acids is 1. The highest BCUT2D eigenvalue weighted by atomic mass is 19.4. The number of nitrogens with zero attached hydrogens (tertiary/aromatic N) is 1. The van der Waals surface area contributed by atoms with Crippen LogP contribution < -0.4 is 5.56 Å². The molecule has 10 heteroatoms. The van der Waals surface area contributed by atoms with Gasteiger partial charge >= 0.3 is 12.1 Å². The predicted molar refractivity (Wildman–Crippen MR) is 84.7 cm³/mol. The second-order valence-corrected chi connectivity index (χ2v) is 6.45. The summed E-state index contributed by atoms with van der Waals surface area (Å²) in [4.78, 5) is 24.0. The van der Waals surface area contributed by atoms with Gasteiger partial charge in [-0.15, -0.1) is 0 Å². The fraction of sp³-hybridized carbons (Fsp3) is 0.412. The summed E-state index contributed by atoms with van der Waals surface area (Å²) in [6.45, 7) is -0.0315. The lowest BCUT2D eigenvalue weighted by Crippen LogP contribution is -2.39. The summed E-state index contributed by atoms with van der Waals surface area (Å²) < 4.78 is 57.4. The summed E-state index contributed by atoms with van der Waals surface area (Å²) >= 11 is 0. The van der Waals surface area contributed by atoms with E-state index >= 15 is 0 Å². The SMILES string of the molecule is O=C(O)CN1CCC(c2cc(=O)[nH]o2)CC1c1ccc(C(F)(F)F)c(F)c1. The molecule has 6 nitrogen and oxygen atoms in total. The van der Waals surface area contributed by atoms with Gasteiger partial charge in [-0.25, -0.2) is 4.39 Å². The Morgan fingerprint density at radius 2 is 2.07 bits per heavy atom. The summed E-state index contributed by atoms with van der Waals surface area (Å²) in [5.74, 6) is -2.37. The topological polar surface area (TPSA) is 86.5 Å². The Morgan fingerprint density at radius 1 is 1.33 bits per heavy atom. The third-order valence-corrected chi connectivity index (χ3v) is 4.68. The number of halogens is 4. The normalized spacial score (nSPS) is 21.3. The first-order valence-corrected chi connectivity index (χ1v) is 8.16. The molecule has 27 heavy (non-hydrogen) atoms. The lowest BCUT2D eigenvalue weighted by atomic mass is 9.85. The van der Waals surface area contributed by atoms with Gasteiger partial charge in [-0.2, -0.15) is 18.3 Å². The third kappa shape index (κ3) is 4.21. The van der Waals surface area contributed by atoms with E-state index in [0.29, 0.717) is 24.8 Å². The molecule has 1 fully saturated rings. The van der Waals surface area contributed by atoms with Crippen LogP contribution in [0.5, 0.6) is 0 Å². The largest absolute Gasteiger partial charge is 0.480 e. The van der Waals surface area contributed by atoms with Gasteiger partial charge in [-0.05, 0) is 30.5 Å². The molecule has 0 amide bonds. The van der Waals surface area contributed by atoms with Crippen molar-refractivity contribution in [1.29, 1.82) is 0 Å². The first-order chi connectivity index (χ1) is 12.6. The predicted octanol–water partition coefficient (Wildman–Crippen LogP) is 3.13. The molecule has 1 aromatic heterocycles. The molecule has 1 aliphatic heterocycles. The molecule has 146 valence electrons. The number of likely N-dealkylation sites (tertiary alicyclic amines) is 1. The zero-order valence-corrected chi connectivity index (χ0v) is 13.9. The van der Waals surface area contributed by atoms with Crippen molar-refractivity contribution in [1.82, 2.24) is 10.1 Å². The Labute approximate surface area is 150 Å². The molecule has 0 saturated carbocycles. The van der Waals surface area contributed by atoms with Crippen molar-refractivity contribution in [3.8, 4) is 0 Å². The molecule has 1 aromatic carbocycles. The van der Waals surface area contributed by atoms with E-state index in [1.807, 2.05) is 0 Å². The maximum absolute atomic E-state index is 14.0. The first kappa shape index (κ1) is 19.2. The Kier molecular flexibility index (Phi) is 5.09. The minimum atomic E-state index is -4.81. The zero-order valence-electron chi connectivity index (χ0n) is 13.9. The van der Waals surface area contributed by atoms with Crippen LogP contribution >= 0.6 is 0 Å². The molecule has 1 aliphatic rings. The van der Waals surface area contributed by atoms with Crippen LogP contribution in [0.3, 0.4) is 0 Å². The summed E-state index contributed by atoms with van der Waals surface area (Å²) in [5, 5.41) is 11.3. The molecule has 0 aliphatic carbocycles. The Bertz CT molecular complexity index is 890. The number of rotatable bonds is 4. The number of H-pyrrole nitrogens is 1. The first-order valence-electron chi connectivity index (χ1n) is 8.16. The zero-order chi connectivity index (χ0) is 19.8. The van der Waals surface area contributed by atoms with Gasteiger partial charge in [-0.1, -0.05) is 6.07 Å². The number of benzene rings is 1. The highest BCUT2D eigenvalue weighted by Crippen LogP contribution is 2.40. The van der Waals surface area contributed by atoms with Gasteiger partial charge in [0.25, 0.3) is 5.56 Å². The van der Waals surface area contributed by atoms with Gasteiger partial charge in [0, 0.05) is 24.6 Å². The lowest BCUT2D eigenvalue weighted by Gasteiger charge is -2.38. The molecule has 2 unspecified atom stereocenters. The summed E-state index contributed by atoms with van der Waals surface area (Å²) in [5.41, 5.74) is -1.56. The minimum absolute atomic E-state index is 0.240. The molecule has 3 rings (SSSR count). The quantitative estimate of drug-likeness (QED) is 0.786. The summed E-state index contributed by atoms with van der Waals surface area (Å²) in [6, 6.07) is 3.25. The highest BCUT2D eigenvalue weighted by molar-refractivity contribution is 5.69. The van der Waals surface area contributed by atoms with E-state index in [2.05, 4.69) is 5.16 Å². The number of aromatic amines is 1. The van der Waals surface area contributed by atoms with E-state index in [-0.39, 0.29) is 24.4 Å². The number of piperidine rings is 1. The molecule has 2 aromatic rings. The van der Waals surface area contributed by atoms with Crippen LogP contribution in [0.15, 0.2) is 33.6 Å². The van der Waals surface area contributed by atoms with Crippen LogP contribution in [0, 0.1) is 5.82 Å². The highest BCUT2D eigenvalue weighted by Gasteiger charge is 2.37. The van der Waals surface area contributed by atoms with Gasteiger partial charge in [0.15, 0.2) is 0 Å². The third-order valence-electron chi connectivity index (χ3n) is 4.68. The molecule has 0 spiro atoms. The van der Waals surface area contributed by atoms with Gasteiger partial charge in [-0.3, -0.25) is 14.5 Å². The van der Waals surface area contributed by atoms with Crippen LogP contribution in [-0.4, -0.2) is 34.2 Å². The number of aromatic nitrogens is 1. The van der Waals surface area contributed by atoms with Crippen molar-refractivity contribution in [2.75, 3.05) is 13.1 Å². The number of carboxylic acid groups (broad SMARTS) is 1. The maximum atomic E-state index is 14.0. The van der Waals surface area contributed by atoms with E-state index in [1.54, 1.807) is 4.90 Å². The summed E-state index contributed by atoms with van der Waals surface area (Å²) in [7, 11) is 0. The van der Waals surface area contributed by atoms with Crippen LogP contribution in [0.2, 0.25) is 0 Å². The number of hydrogen-bond acceptors (Lipinski definition) is 4. The lowest BCUT2D eigenvalue weighted by molar-refractivity contribution is -0.140. The maximum Gasteiger partial charge on any atom is 0.419 e. The molecular formula is C17H16F4N2O4. The molecule has 2 heterocycles. The second-order valence-electron chi connectivity index (χ2n) is 6.45. The average Bonchev–Trinajstić information content (AvgIpc) is 3.00. The van der Waals surface area contributed by atoms with Crippen molar-refractivity contribution in [3.05, 3.63) is 57.3 Å². The Hall–Kier alpha value is -2.62. The molecular weight excluding hydrogens is 372 g/mol. The van der Waals surface area contributed by atoms with Gasteiger partial charge in [0.05, 0.1) is 12.1 Å². The van der Waals surface area contributed by atoms with Gasteiger partial charge < -0.3 is 9.63 Å². The van der Waals surface area contributed by atoms with Crippen molar-refractivity contribution >= 4 is 5.97 Å². The van der Waals surface area contributed by atoms with E-state index in [0.717, 1.165) is 12.1 Å². The number of aliphatic carboxylic acids is 1. The average molecular weight is 388 g/mol. The number of nitrogens with one attached hydrogen (secondary N) is 1. The van der Waals surface area contributed by atoms with E-state index < -0.39 is 35.1 Å². The van der Waals surface area contributed by atoms with Crippen molar-refractivity contribution < 1.29 is 32.0 Å². The molecule has 0 radical (unpaired) electrons. The van der Waals surface area contributed by atoms with Crippen molar-refractivity contribution in [3.63, 3.8) is 0 Å². The smallest absolute Gasteiger partial charge is 0.419 e. The van der Waals surface area contributed by atoms with E-state index in [4.69, 9.17) is 9.63 Å². The molecule has 1 saturated heterocycles. The van der Waals surface area contributed by atoms with Crippen LogP contribution in [0.4, 0.5) is 17.6 Å². The minimum Gasteiger partial charge on any atom is -0.480 e. The molecule has 2 atom stereocenters. The number of carbonyl (C=O) groups is 1. The number of alkyl halides is 3. The van der Waals surface area contributed by atoms with Crippen LogP contribution in [-0.2, 0) is 11.0 Å². The Balaban J connectivity index is 1.92. The second kappa shape index (κ2) is 7.18.